The van der Waals surface area contributed by atoms with Crippen molar-refractivity contribution < 1.29 is 27.5 Å². The van der Waals surface area contributed by atoms with Crippen molar-refractivity contribution in [2.24, 2.45) is 4.99 Å². The molecule has 0 saturated carbocycles. The Morgan fingerprint density at radius 2 is 1.69 bits per heavy atom. The maximum absolute atomic E-state index is 15.0. The number of nitrogens with zero attached hydrogens (tertiary/aromatic N) is 3. The molecule has 4 N–H and O–H groups in total. The van der Waals surface area contributed by atoms with E-state index in [0.29, 0.717) is 11.3 Å². The quantitative estimate of drug-likeness (QED) is 0.325. The Balaban J connectivity index is 1.78. The molecule has 0 aliphatic carbocycles. The average Bonchev–Trinajstić information content (AvgIpc) is 2.88. The van der Waals surface area contributed by atoms with Crippen LogP contribution in [0.3, 0.4) is 0 Å². The third kappa shape index (κ3) is 6.24. The number of alkyl halides is 3. The van der Waals surface area contributed by atoms with E-state index >= 15 is 0 Å². The second-order valence-electron chi connectivity index (χ2n) is 8.95. The van der Waals surface area contributed by atoms with Gasteiger partial charge in [-0.05, 0) is 50.3 Å². The fraction of sp³-hybridized carbons (Fsp3) is 0.148. The summed E-state index contributed by atoms with van der Waals surface area (Å²) in [7, 11) is 0. The molecule has 12 heteroatoms. The van der Waals surface area contributed by atoms with Crippen molar-refractivity contribution in [2.45, 2.75) is 25.6 Å². The van der Waals surface area contributed by atoms with Crippen molar-refractivity contribution in [1.82, 2.24) is 15.3 Å². The molecule has 0 fully saturated rings. The lowest BCUT2D eigenvalue weighted by Crippen LogP contribution is -2.32. The molecule has 1 aromatic heterocycles. The number of aliphatic hydroxyl groups is 1. The molecule has 8 nitrogen and oxygen atoms in total. The molecule has 0 radical (unpaired) electrons. The van der Waals surface area contributed by atoms with E-state index in [1.807, 2.05) is 0 Å². The Morgan fingerprint density at radius 1 is 1.03 bits per heavy atom. The predicted molar refractivity (Wildman–Crippen MR) is 138 cm³/mol. The molecule has 0 spiro atoms. The standard InChI is InChI=1S/C27H22F4N6O2/c1-26(2,39)15-11-21(32)22(35-14-15)24(36-16-7-4-3-5-8-16)37-25(38)18-12-17(23-33-9-6-10-34-23)19(13-20(18)28)27(29,30)31/h3-14,32,36,39H,1-2H3,(H,37,38)/b24-22-,32-21?. The van der Waals surface area contributed by atoms with Gasteiger partial charge >= 0.3 is 6.18 Å². The summed E-state index contributed by atoms with van der Waals surface area (Å²) < 4.78 is 56.1. The van der Waals surface area contributed by atoms with Crippen LogP contribution < -0.4 is 10.6 Å². The number of amides is 1. The van der Waals surface area contributed by atoms with E-state index in [0.717, 1.165) is 6.07 Å². The highest BCUT2D eigenvalue weighted by molar-refractivity contribution is 6.14. The normalized spacial score (nSPS) is 15.1. The Bertz CT molecular complexity index is 1510. The zero-order valence-electron chi connectivity index (χ0n) is 20.6. The number of dihydropyridines is 1. The van der Waals surface area contributed by atoms with Crippen molar-refractivity contribution in [3.63, 3.8) is 0 Å². The van der Waals surface area contributed by atoms with E-state index in [9.17, 15) is 27.5 Å². The fourth-order valence-corrected chi connectivity index (χ4v) is 3.60. The third-order valence-electron chi connectivity index (χ3n) is 5.58. The highest BCUT2D eigenvalue weighted by atomic mass is 19.4. The minimum absolute atomic E-state index is 0.0564. The molecule has 200 valence electrons. The number of anilines is 1. The Kier molecular flexibility index (Phi) is 7.41. The van der Waals surface area contributed by atoms with E-state index in [-0.39, 0.29) is 29.1 Å². The van der Waals surface area contributed by atoms with Crippen LogP contribution in [0.4, 0.5) is 23.2 Å². The lowest BCUT2D eigenvalue weighted by Gasteiger charge is -2.23. The summed E-state index contributed by atoms with van der Waals surface area (Å²) in [5, 5.41) is 24.0. The van der Waals surface area contributed by atoms with Gasteiger partial charge in [-0.15, -0.1) is 0 Å². The smallest absolute Gasteiger partial charge is 0.386 e. The molecular formula is C27H22F4N6O2. The number of hydrogen-bond acceptors (Lipinski definition) is 7. The number of carbonyl (C=O) groups excluding carboxylic acids is 1. The van der Waals surface area contributed by atoms with Gasteiger partial charge in [0.2, 0.25) is 0 Å². The van der Waals surface area contributed by atoms with Crippen molar-refractivity contribution in [3.05, 3.63) is 101 Å². The zero-order valence-corrected chi connectivity index (χ0v) is 20.6. The molecule has 1 amide bonds. The fourth-order valence-electron chi connectivity index (χ4n) is 3.60. The molecule has 1 aliphatic rings. The van der Waals surface area contributed by atoms with E-state index in [4.69, 9.17) is 5.41 Å². The van der Waals surface area contributed by atoms with Crippen LogP contribution in [0.5, 0.6) is 0 Å². The van der Waals surface area contributed by atoms with Crippen molar-refractivity contribution >= 4 is 23.5 Å². The Morgan fingerprint density at radius 3 is 2.28 bits per heavy atom. The van der Waals surface area contributed by atoms with E-state index in [1.54, 1.807) is 30.3 Å². The van der Waals surface area contributed by atoms with Gasteiger partial charge in [-0.25, -0.2) is 14.4 Å². The van der Waals surface area contributed by atoms with Crippen LogP contribution in [0.25, 0.3) is 11.4 Å². The number of benzene rings is 2. The molecule has 0 bridgehead atoms. The largest absolute Gasteiger partial charge is 0.417 e. The summed E-state index contributed by atoms with van der Waals surface area (Å²) in [5.41, 5.74) is -3.35. The summed E-state index contributed by atoms with van der Waals surface area (Å²) >= 11 is 0. The summed E-state index contributed by atoms with van der Waals surface area (Å²) in [6.07, 6.45) is 0.170. The van der Waals surface area contributed by atoms with Gasteiger partial charge in [-0.2, -0.15) is 13.2 Å². The highest BCUT2D eigenvalue weighted by Gasteiger charge is 2.36. The molecule has 3 aromatic rings. The second-order valence-corrected chi connectivity index (χ2v) is 8.95. The first-order valence-electron chi connectivity index (χ1n) is 11.5. The van der Waals surface area contributed by atoms with Gasteiger partial charge in [0.1, 0.15) is 17.3 Å². The summed E-state index contributed by atoms with van der Waals surface area (Å²) in [6, 6.07) is 10.8. The van der Waals surface area contributed by atoms with Crippen LogP contribution in [0.15, 0.2) is 89.1 Å². The molecule has 0 atom stereocenters. The number of nitrogens with one attached hydrogen (secondary N) is 3. The maximum atomic E-state index is 15.0. The summed E-state index contributed by atoms with van der Waals surface area (Å²) in [5.74, 6) is -3.00. The third-order valence-corrected chi connectivity index (χ3v) is 5.58. The molecule has 1 aliphatic heterocycles. The van der Waals surface area contributed by atoms with Gasteiger partial charge in [-0.3, -0.25) is 15.2 Å². The van der Waals surface area contributed by atoms with Crippen LogP contribution >= 0.6 is 0 Å². The predicted octanol–water partition coefficient (Wildman–Crippen LogP) is 5.11. The first-order valence-corrected chi connectivity index (χ1v) is 11.5. The van der Waals surface area contributed by atoms with Crippen LogP contribution in [0.1, 0.15) is 29.8 Å². The first-order chi connectivity index (χ1) is 18.3. The average molecular weight is 539 g/mol. The number of rotatable bonds is 6. The van der Waals surface area contributed by atoms with Crippen molar-refractivity contribution in [2.75, 3.05) is 5.32 Å². The maximum Gasteiger partial charge on any atom is 0.417 e. The minimum Gasteiger partial charge on any atom is -0.386 e. The molecule has 4 rings (SSSR count). The van der Waals surface area contributed by atoms with Gasteiger partial charge in [0.15, 0.2) is 5.82 Å². The van der Waals surface area contributed by atoms with Crippen LogP contribution in [-0.2, 0) is 6.18 Å². The van der Waals surface area contributed by atoms with Crippen molar-refractivity contribution in [1.29, 1.82) is 5.41 Å². The lowest BCUT2D eigenvalue weighted by molar-refractivity contribution is -0.137. The molecule has 39 heavy (non-hydrogen) atoms. The van der Waals surface area contributed by atoms with Crippen LogP contribution in [0.2, 0.25) is 0 Å². The Hall–Kier alpha value is -4.71. The van der Waals surface area contributed by atoms with Crippen LogP contribution in [0, 0.1) is 11.2 Å². The number of aromatic nitrogens is 2. The van der Waals surface area contributed by atoms with Crippen molar-refractivity contribution in [3.8, 4) is 11.4 Å². The highest BCUT2D eigenvalue weighted by Crippen LogP contribution is 2.37. The number of aliphatic imine (C=N–C) groups is 1. The number of carbonyl (C=O) groups is 1. The SMILES string of the molecule is CC(C)(O)C1=CC(=N)/C(=C(/NC(=O)c2cc(-c3ncccn3)c(C(F)(F)F)cc2F)Nc2ccccc2)N=C1. The summed E-state index contributed by atoms with van der Waals surface area (Å²) in [4.78, 5) is 25.1. The van der Waals surface area contributed by atoms with Gasteiger partial charge in [0.25, 0.3) is 5.91 Å². The van der Waals surface area contributed by atoms with Gasteiger partial charge in [0.05, 0.1) is 22.4 Å². The number of hydrogen-bond donors (Lipinski definition) is 4. The van der Waals surface area contributed by atoms with E-state index < -0.39 is 40.2 Å². The topological polar surface area (TPSA) is 123 Å². The number of para-hydroxylation sites is 1. The monoisotopic (exact) mass is 538 g/mol. The molecule has 0 saturated heterocycles. The number of halogens is 4. The van der Waals surface area contributed by atoms with E-state index in [1.165, 1.54) is 44.6 Å². The molecular weight excluding hydrogens is 516 g/mol. The van der Waals surface area contributed by atoms with Gasteiger partial charge < -0.3 is 15.7 Å². The number of allylic oxidation sites excluding steroid dienone is 1. The van der Waals surface area contributed by atoms with Gasteiger partial charge in [0, 0.05) is 35.4 Å². The molecule has 2 heterocycles. The van der Waals surface area contributed by atoms with E-state index in [2.05, 4.69) is 25.6 Å². The zero-order chi connectivity index (χ0) is 28.4. The van der Waals surface area contributed by atoms with Gasteiger partial charge in [-0.1, -0.05) is 18.2 Å². The second kappa shape index (κ2) is 10.6. The van der Waals surface area contributed by atoms with Crippen LogP contribution in [-0.4, -0.2) is 38.5 Å². The molecule has 0 unspecified atom stereocenters. The summed E-state index contributed by atoms with van der Waals surface area (Å²) in [6.45, 7) is 3.03. The Labute approximate surface area is 220 Å². The first kappa shape index (κ1) is 27.3. The molecule has 2 aromatic carbocycles. The lowest BCUT2D eigenvalue weighted by atomic mass is 9.95. The minimum atomic E-state index is -4.94.